The van der Waals surface area contributed by atoms with Crippen molar-refractivity contribution in [1.82, 2.24) is 0 Å². The first-order valence-corrected chi connectivity index (χ1v) is 5.98. The van der Waals surface area contributed by atoms with E-state index >= 15 is 0 Å². The molecule has 0 atom stereocenters. The van der Waals surface area contributed by atoms with Gasteiger partial charge in [0.25, 0.3) is 0 Å². The maximum absolute atomic E-state index is 11.5. The standard InChI is InChI=1S/C12H9ClO2S/c13-9-3-1-4-10(7-9)15-12(14)8-11-5-2-6-16-11/h1-7H,8H2. The van der Waals surface area contributed by atoms with Crippen LogP contribution in [0.1, 0.15) is 4.88 Å². The molecule has 0 amide bonds. The summed E-state index contributed by atoms with van der Waals surface area (Å²) in [5.74, 6) is 0.207. The van der Waals surface area contributed by atoms with E-state index in [1.165, 1.54) is 11.3 Å². The molecular weight excluding hydrogens is 244 g/mol. The Hall–Kier alpha value is -1.32. The normalized spacial score (nSPS) is 10.1. The Balaban J connectivity index is 1.97. The minimum absolute atomic E-state index is 0.273. The van der Waals surface area contributed by atoms with Gasteiger partial charge in [0.2, 0.25) is 0 Å². The van der Waals surface area contributed by atoms with Crippen LogP contribution in [0.2, 0.25) is 5.02 Å². The highest BCUT2D eigenvalue weighted by Crippen LogP contribution is 2.18. The van der Waals surface area contributed by atoms with E-state index in [0.717, 1.165) is 4.88 Å². The third-order valence-electron chi connectivity index (χ3n) is 1.93. The third kappa shape index (κ3) is 3.08. The van der Waals surface area contributed by atoms with E-state index in [-0.39, 0.29) is 5.97 Å². The van der Waals surface area contributed by atoms with Crippen molar-refractivity contribution in [3.05, 3.63) is 51.7 Å². The first-order valence-electron chi connectivity index (χ1n) is 4.72. The van der Waals surface area contributed by atoms with Crippen molar-refractivity contribution in [2.45, 2.75) is 6.42 Å². The second-order valence-corrected chi connectivity index (χ2v) is 4.66. The fourth-order valence-electron chi connectivity index (χ4n) is 1.25. The Bertz CT molecular complexity index is 480. The van der Waals surface area contributed by atoms with Crippen molar-refractivity contribution < 1.29 is 9.53 Å². The summed E-state index contributed by atoms with van der Waals surface area (Å²) in [4.78, 5) is 12.5. The lowest BCUT2D eigenvalue weighted by molar-refractivity contribution is -0.133. The predicted octanol–water partition coefficient (Wildman–Crippen LogP) is 3.55. The number of ether oxygens (including phenoxy) is 1. The molecule has 0 fully saturated rings. The number of esters is 1. The Labute approximate surface area is 102 Å². The summed E-state index contributed by atoms with van der Waals surface area (Å²) in [5.41, 5.74) is 0. The van der Waals surface area contributed by atoms with Gasteiger partial charge in [0.05, 0.1) is 6.42 Å². The number of carbonyl (C=O) groups excluding carboxylic acids is 1. The van der Waals surface area contributed by atoms with E-state index in [0.29, 0.717) is 17.2 Å². The summed E-state index contributed by atoms with van der Waals surface area (Å²) in [6.45, 7) is 0. The van der Waals surface area contributed by atoms with Crippen molar-refractivity contribution in [3.63, 3.8) is 0 Å². The lowest BCUT2D eigenvalue weighted by Gasteiger charge is -2.03. The van der Waals surface area contributed by atoms with Crippen LogP contribution in [0, 0.1) is 0 Å². The van der Waals surface area contributed by atoms with Crippen molar-refractivity contribution >= 4 is 28.9 Å². The summed E-state index contributed by atoms with van der Waals surface area (Å²) in [5, 5.41) is 2.49. The van der Waals surface area contributed by atoms with Gasteiger partial charge >= 0.3 is 5.97 Å². The van der Waals surface area contributed by atoms with Gasteiger partial charge in [-0.3, -0.25) is 4.79 Å². The van der Waals surface area contributed by atoms with Crippen LogP contribution in [0.25, 0.3) is 0 Å². The van der Waals surface area contributed by atoms with Gasteiger partial charge in [-0.25, -0.2) is 0 Å². The summed E-state index contributed by atoms with van der Waals surface area (Å²) >= 11 is 7.32. The van der Waals surface area contributed by atoms with Gasteiger partial charge in [0.15, 0.2) is 0 Å². The largest absolute Gasteiger partial charge is 0.426 e. The average molecular weight is 253 g/mol. The molecule has 2 aromatic rings. The second kappa shape index (κ2) is 5.14. The molecule has 1 heterocycles. The summed E-state index contributed by atoms with van der Waals surface area (Å²) in [7, 11) is 0. The van der Waals surface area contributed by atoms with Gasteiger partial charge < -0.3 is 4.74 Å². The minimum atomic E-state index is -0.273. The molecule has 16 heavy (non-hydrogen) atoms. The summed E-state index contributed by atoms with van der Waals surface area (Å²) in [6, 6.07) is 10.6. The van der Waals surface area contributed by atoms with Gasteiger partial charge in [-0.15, -0.1) is 11.3 Å². The molecule has 0 unspecified atom stereocenters. The van der Waals surface area contributed by atoms with E-state index in [2.05, 4.69) is 0 Å². The van der Waals surface area contributed by atoms with Crippen LogP contribution in [-0.4, -0.2) is 5.97 Å². The van der Waals surface area contributed by atoms with Crippen LogP contribution < -0.4 is 4.74 Å². The van der Waals surface area contributed by atoms with Gasteiger partial charge in [0.1, 0.15) is 5.75 Å². The highest BCUT2D eigenvalue weighted by atomic mass is 35.5. The second-order valence-electron chi connectivity index (χ2n) is 3.19. The number of hydrogen-bond acceptors (Lipinski definition) is 3. The molecule has 4 heteroatoms. The fourth-order valence-corrected chi connectivity index (χ4v) is 2.12. The van der Waals surface area contributed by atoms with Gasteiger partial charge in [0, 0.05) is 9.90 Å². The van der Waals surface area contributed by atoms with Gasteiger partial charge in [-0.1, -0.05) is 23.7 Å². The van der Waals surface area contributed by atoms with E-state index in [9.17, 15) is 4.79 Å². The maximum atomic E-state index is 11.5. The van der Waals surface area contributed by atoms with Gasteiger partial charge in [-0.2, -0.15) is 0 Å². The predicted molar refractivity (Wildman–Crippen MR) is 65.1 cm³/mol. The van der Waals surface area contributed by atoms with E-state index in [1.807, 2.05) is 17.5 Å². The number of carbonyl (C=O) groups is 1. The number of halogens is 1. The molecule has 0 bridgehead atoms. The molecule has 0 aliphatic carbocycles. The summed E-state index contributed by atoms with van der Waals surface area (Å²) < 4.78 is 5.15. The zero-order valence-corrected chi connectivity index (χ0v) is 9.92. The van der Waals surface area contributed by atoms with Gasteiger partial charge in [-0.05, 0) is 29.6 Å². The van der Waals surface area contributed by atoms with Crippen LogP contribution >= 0.6 is 22.9 Å². The number of rotatable bonds is 3. The van der Waals surface area contributed by atoms with Crippen LogP contribution in [0.5, 0.6) is 5.75 Å². The fraction of sp³-hybridized carbons (Fsp3) is 0.0833. The molecule has 1 aromatic carbocycles. The lowest BCUT2D eigenvalue weighted by atomic mass is 10.3. The third-order valence-corrected chi connectivity index (χ3v) is 3.04. The maximum Gasteiger partial charge on any atom is 0.316 e. The molecule has 82 valence electrons. The number of hydrogen-bond donors (Lipinski definition) is 0. The Morgan fingerprint density at radius 2 is 2.19 bits per heavy atom. The molecule has 0 saturated heterocycles. The molecule has 1 aromatic heterocycles. The topological polar surface area (TPSA) is 26.3 Å². The highest BCUT2D eigenvalue weighted by molar-refractivity contribution is 7.10. The molecule has 2 nitrogen and oxygen atoms in total. The quantitative estimate of drug-likeness (QED) is 0.617. The van der Waals surface area contributed by atoms with Crippen LogP contribution in [0.3, 0.4) is 0 Å². The van der Waals surface area contributed by atoms with Crippen LogP contribution in [0.4, 0.5) is 0 Å². The number of benzene rings is 1. The molecule has 0 aliphatic rings. The first kappa shape index (κ1) is 11.2. The zero-order valence-electron chi connectivity index (χ0n) is 8.35. The molecular formula is C12H9ClO2S. The van der Waals surface area contributed by atoms with Crippen LogP contribution in [0.15, 0.2) is 41.8 Å². The van der Waals surface area contributed by atoms with E-state index in [4.69, 9.17) is 16.3 Å². The zero-order chi connectivity index (χ0) is 11.4. The van der Waals surface area contributed by atoms with E-state index in [1.54, 1.807) is 24.3 Å². The molecule has 0 spiro atoms. The first-order chi connectivity index (χ1) is 7.74. The van der Waals surface area contributed by atoms with Crippen molar-refractivity contribution in [2.75, 3.05) is 0 Å². The van der Waals surface area contributed by atoms with Crippen molar-refractivity contribution in [3.8, 4) is 5.75 Å². The van der Waals surface area contributed by atoms with E-state index < -0.39 is 0 Å². The molecule has 0 radical (unpaired) electrons. The Morgan fingerprint density at radius 1 is 1.31 bits per heavy atom. The SMILES string of the molecule is O=C(Cc1cccs1)Oc1cccc(Cl)c1. The number of thiophene rings is 1. The van der Waals surface area contributed by atoms with Crippen LogP contribution in [-0.2, 0) is 11.2 Å². The van der Waals surface area contributed by atoms with Crippen molar-refractivity contribution in [1.29, 1.82) is 0 Å². The molecule has 0 N–H and O–H groups in total. The smallest absolute Gasteiger partial charge is 0.316 e. The van der Waals surface area contributed by atoms with Crippen molar-refractivity contribution in [2.24, 2.45) is 0 Å². The molecule has 2 rings (SSSR count). The Morgan fingerprint density at radius 3 is 2.88 bits per heavy atom. The molecule has 0 aliphatic heterocycles. The molecule has 0 saturated carbocycles. The summed E-state index contributed by atoms with van der Waals surface area (Å²) in [6.07, 6.45) is 0.296. The lowest BCUT2D eigenvalue weighted by Crippen LogP contribution is -2.10. The Kier molecular flexibility index (Phi) is 3.59. The average Bonchev–Trinajstić information content (AvgIpc) is 2.70. The minimum Gasteiger partial charge on any atom is -0.426 e. The highest BCUT2D eigenvalue weighted by Gasteiger charge is 2.07. The monoisotopic (exact) mass is 252 g/mol.